The van der Waals surface area contributed by atoms with Gasteiger partial charge < -0.3 is 0 Å². The molecule has 1 aliphatic carbocycles. The van der Waals surface area contributed by atoms with Crippen molar-refractivity contribution in [3.05, 3.63) is 12.4 Å². The Labute approximate surface area is 88.1 Å². The molecule has 74 valence electrons. The summed E-state index contributed by atoms with van der Waals surface area (Å²) in [5.41, 5.74) is 0. The van der Waals surface area contributed by atoms with Gasteiger partial charge >= 0.3 is 0 Å². The molecule has 0 aliphatic heterocycles. The van der Waals surface area contributed by atoms with Gasteiger partial charge in [-0.05, 0) is 12.8 Å². The van der Waals surface area contributed by atoms with Crippen LogP contribution in [0.4, 0.5) is 0 Å². The van der Waals surface area contributed by atoms with Crippen LogP contribution in [0.2, 0.25) is 0 Å². The summed E-state index contributed by atoms with van der Waals surface area (Å²) in [5, 5.41) is 13.5. The molecule has 0 aromatic carbocycles. The van der Waals surface area contributed by atoms with Crippen LogP contribution in [0.25, 0.3) is 0 Å². The number of rotatable bonds is 2. The van der Waals surface area contributed by atoms with E-state index in [2.05, 4.69) is 11.2 Å². The van der Waals surface area contributed by atoms with E-state index in [-0.39, 0.29) is 5.92 Å². The van der Waals surface area contributed by atoms with Crippen molar-refractivity contribution in [3.8, 4) is 6.07 Å². The molecule has 2 unspecified atom stereocenters. The zero-order valence-corrected chi connectivity index (χ0v) is 9.00. The van der Waals surface area contributed by atoms with Gasteiger partial charge in [0.15, 0.2) is 0 Å². The van der Waals surface area contributed by atoms with Gasteiger partial charge in [-0.1, -0.05) is 6.42 Å². The number of nitrogens with zero attached hydrogens (tertiary/aromatic N) is 3. The van der Waals surface area contributed by atoms with E-state index in [1.807, 2.05) is 19.4 Å². The van der Waals surface area contributed by atoms with Crippen molar-refractivity contribution < 1.29 is 0 Å². The van der Waals surface area contributed by atoms with Gasteiger partial charge in [-0.15, -0.1) is 11.8 Å². The zero-order valence-electron chi connectivity index (χ0n) is 8.18. The molecule has 1 fully saturated rings. The molecule has 3 nitrogen and oxygen atoms in total. The van der Waals surface area contributed by atoms with Gasteiger partial charge in [-0.25, -0.2) is 0 Å². The van der Waals surface area contributed by atoms with Gasteiger partial charge in [0.1, 0.15) is 0 Å². The van der Waals surface area contributed by atoms with Crippen LogP contribution in [0.3, 0.4) is 0 Å². The van der Waals surface area contributed by atoms with E-state index in [0.29, 0.717) is 5.25 Å². The first-order valence-electron chi connectivity index (χ1n) is 4.84. The van der Waals surface area contributed by atoms with Gasteiger partial charge in [0, 0.05) is 23.4 Å². The fraction of sp³-hybridized carbons (Fsp3) is 0.600. The summed E-state index contributed by atoms with van der Waals surface area (Å²) in [6.45, 7) is 0. The van der Waals surface area contributed by atoms with E-state index < -0.39 is 0 Å². The van der Waals surface area contributed by atoms with Crippen LogP contribution >= 0.6 is 11.8 Å². The fourth-order valence-corrected chi connectivity index (χ4v) is 3.17. The van der Waals surface area contributed by atoms with E-state index in [9.17, 15) is 0 Å². The lowest BCUT2D eigenvalue weighted by Gasteiger charge is -2.10. The van der Waals surface area contributed by atoms with Crippen LogP contribution in [-0.4, -0.2) is 15.0 Å². The molecule has 0 N–H and O–H groups in total. The van der Waals surface area contributed by atoms with Crippen LogP contribution in [0.1, 0.15) is 19.3 Å². The summed E-state index contributed by atoms with van der Waals surface area (Å²) in [6.07, 6.45) is 7.30. The van der Waals surface area contributed by atoms with Crippen LogP contribution in [0.5, 0.6) is 0 Å². The summed E-state index contributed by atoms with van der Waals surface area (Å²) in [5.74, 6) is 0.236. The minimum atomic E-state index is 0.236. The van der Waals surface area contributed by atoms with E-state index in [1.165, 1.54) is 11.3 Å². The molecule has 1 aliphatic rings. The Bertz CT molecular complexity index is 352. The standard InChI is InChI=1S/C10H13N3S/c1-13-7-9(6-12-13)14-10-4-2-3-8(10)5-11/h6-8,10H,2-4H2,1H3. The Morgan fingerprint density at radius 2 is 2.50 bits per heavy atom. The second-order valence-corrected chi connectivity index (χ2v) is 4.99. The molecule has 1 heterocycles. The third-order valence-electron chi connectivity index (χ3n) is 2.59. The predicted octanol–water partition coefficient (Wildman–Crippen LogP) is 2.20. The summed E-state index contributed by atoms with van der Waals surface area (Å²) >= 11 is 1.80. The van der Waals surface area contributed by atoms with Crippen LogP contribution in [0, 0.1) is 17.2 Å². The highest BCUT2D eigenvalue weighted by Crippen LogP contribution is 2.38. The minimum absolute atomic E-state index is 0.236. The Balaban J connectivity index is 2.01. The first kappa shape index (κ1) is 9.60. The number of aryl methyl sites for hydroxylation is 1. The number of hydrogen-bond donors (Lipinski definition) is 0. The molecule has 14 heavy (non-hydrogen) atoms. The molecule has 0 spiro atoms. The van der Waals surface area contributed by atoms with Crippen molar-refractivity contribution >= 4 is 11.8 Å². The maximum absolute atomic E-state index is 8.94. The first-order chi connectivity index (χ1) is 6.79. The lowest BCUT2D eigenvalue weighted by Crippen LogP contribution is -2.06. The third kappa shape index (κ3) is 1.93. The molecule has 0 amide bonds. The Kier molecular flexibility index (Phi) is 2.78. The molecule has 1 aromatic heterocycles. The molecular weight excluding hydrogens is 194 g/mol. The molecule has 2 atom stereocenters. The van der Waals surface area contributed by atoms with Gasteiger partial charge in [0.2, 0.25) is 0 Å². The van der Waals surface area contributed by atoms with E-state index >= 15 is 0 Å². The maximum atomic E-state index is 8.94. The highest BCUT2D eigenvalue weighted by atomic mass is 32.2. The predicted molar refractivity (Wildman–Crippen MR) is 55.8 cm³/mol. The smallest absolute Gasteiger partial charge is 0.0667 e. The summed E-state index contributed by atoms with van der Waals surface area (Å²) in [4.78, 5) is 1.18. The van der Waals surface area contributed by atoms with E-state index in [0.717, 1.165) is 12.8 Å². The molecule has 0 bridgehead atoms. The second-order valence-electron chi connectivity index (χ2n) is 3.67. The average Bonchev–Trinajstić information content (AvgIpc) is 2.76. The van der Waals surface area contributed by atoms with Crippen molar-refractivity contribution in [2.24, 2.45) is 13.0 Å². The molecular formula is C10H13N3S. The quantitative estimate of drug-likeness (QED) is 0.746. The highest BCUT2D eigenvalue weighted by molar-refractivity contribution is 8.00. The maximum Gasteiger partial charge on any atom is 0.0667 e. The Hall–Kier alpha value is -0.950. The second kappa shape index (κ2) is 4.05. The third-order valence-corrected chi connectivity index (χ3v) is 3.94. The fourth-order valence-electron chi connectivity index (χ4n) is 1.85. The summed E-state index contributed by atoms with van der Waals surface area (Å²) in [6, 6.07) is 2.39. The number of hydrogen-bond acceptors (Lipinski definition) is 3. The van der Waals surface area contributed by atoms with Crippen molar-refractivity contribution in [2.45, 2.75) is 29.4 Å². The normalized spacial score (nSPS) is 26.3. The van der Waals surface area contributed by atoms with E-state index in [4.69, 9.17) is 5.26 Å². The number of nitriles is 1. The summed E-state index contributed by atoms with van der Waals surface area (Å²) in [7, 11) is 1.92. The lowest BCUT2D eigenvalue weighted by molar-refractivity contribution is 0.714. The topological polar surface area (TPSA) is 41.6 Å². The Morgan fingerprint density at radius 3 is 3.14 bits per heavy atom. The molecule has 2 rings (SSSR count). The molecule has 1 saturated carbocycles. The molecule has 4 heteroatoms. The van der Waals surface area contributed by atoms with Gasteiger partial charge in [-0.3, -0.25) is 4.68 Å². The highest BCUT2D eigenvalue weighted by Gasteiger charge is 2.28. The SMILES string of the molecule is Cn1cc(SC2CCCC2C#N)cn1. The molecule has 0 saturated heterocycles. The molecule has 1 aromatic rings. The van der Waals surface area contributed by atoms with Crippen LogP contribution < -0.4 is 0 Å². The molecule has 0 radical (unpaired) electrons. The monoisotopic (exact) mass is 207 g/mol. The minimum Gasteiger partial charge on any atom is -0.275 e. The number of aromatic nitrogens is 2. The van der Waals surface area contributed by atoms with Gasteiger partial charge in [-0.2, -0.15) is 10.4 Å². The zero-order chi connectivity index (χ0) is 9.97. The lowest BCUT2D eigenvalue weighted by atomic mass is 10.1. The van der Waals surface area contributed by atoms with Gasteiger partial charge in [0.25, 0.3) is 0 Å². The van der Waals surface area contributed by atoms with Crippen molar-refractivity contribution in [1.82, 2.24) is 9.78 Å². The number of thioether (sulfide) groups is 1. The Morgan fingerprint density at radius 1 is 1.64 bits per heavy atom. The van der Waals surface area contributed by atoms with Gasteiger partial charge in [0.05, 0.1) is 18.2 Å². The van der Waals surface area contributed by atoms with Crippen molar-refractivity contribution in [3.63, 3.8) is 0 Å². The first-order valence-corrected chi connectivity index (χ1v) is 5.72. The van der Waals surface area contributed by atoms with E-state index in [1.54, 1.807) is 16.4 Å². The average molecular weight is 207 g/mol. The summed E-state index contributed by atoms with van der Waals surface area (Å²) < 4.78 is 1.80. The van der Waals surface area contributed by atoms with Crippen molar-refractivity contribution in [2.75, 3.05) is 0 Å². The van der Waals surface area contributed by atoms with Crippen molar-refractivity contribution in [1.29, 1.82) is 5.26 Å². The van der Waals surface area contributed by atoms with Crippen LogP contribution in [-0.2, 0) is 7.05 Å². The van der Waals surface area contributed by atoms with Crippen LogP contribution in [0.15, 0.2) is 17.3 Å². The largest absolute Gasteiger partial charge is 0.275 e.